The van der Waals surface area contributed by atoms with Crippen LogP contribution in [0.2, 0.25) is 4.34 Å². The summed E-state index contributed by atoms with van der Waals surface area (Å²) in [6.45, 7) is 4.03. The van der Waals surface area contributed by atoms with E-state index in [1.807, 2.05) is 19.9 Å². The second-order valence-electron chi connectivity index (χ2n) is 8.19. The summed E-state index contributed by atoms with van der Waals surface area (Å²) in [5.74, 6) is -1.40. The summed E-state index contributed by atoms with van der Waals surface area (Å²) >= 11 is 9.04. The largest absolute Gasteiger partial charge is 0.344 e. The van der Waals surface area contributed by atoms with Gasteiger partial charge >= 0.3 is 0 Å². The van der Waals surface area contributed by atoms with Crippen molar-refractivity contribution >= 4 is 50.4 Å². The summed E-state index contributed by atoms with van der Waals surface area (Å²) in [7, 11) is 0. The average molecular weight is 489 g/mol. The molecule has 8 heteroatoms. The number of nitrogens with zero attached hydrogens (tertiary/aromatic N) is 1. The van der Waals surface area contributed by atoms with E-state index in [1.54, 1.807) is 23.6 Å². The van der Waals surface area contributed by atoms with Crippen molar-refractivity contribution in [3.8, 4) is 11.1 Å². The molecule has 32 heavy (non-hydrogen) atoms. The quantitative estimate of drug-likeness (QED) is 0.323. The lowest BCUT2D eigenvalue weighted by Gasteiger charge is -2.14. The first-order chi connectivity index (χ1) is 15.3. The molecular formula is C24H19ClF2N2OS2. The Kier molecular flexibility index (Phi) is 5.51. The molecule has 1 atom stereocenters. The molecule has 0 saturated heterocycles. The minimum atomic E-state index is -0.643. The number of rotatable bonds is 4. The number of halogens is 3. The molecule has 1 N–H and O–H groups in total. The van der Waals surface area contributed by atoms with E-state index in [1.165, 1.54) is 28.3 Å². The van der Waals surface area contributed by atoms with Crippen LogP contribution < -0.4 is 5.32 Å². The van der Waals surface area contributed by atoms with Crippen molar-refractivity contribution in [2.75, 3.05) is 0 Å². The summed E-state index contributed by atoms with van der Waals surface area (Å²) < 4.78 is 29.2. The van der Waals surface area contributed by atoms with Gasteiger partial charge in [0.25, 0.3) is 5.91 Å². The molecule has 0 saturated carbocycles. The van der Waals surface area contributed by atoms with Gasteiger partial charge in [-0.1, -0.05) is 25.4 Å². The van der Waals surface area contributed by atoms with Crippen LogP contribution in [0, 0.1) is 11.6 Å². The number of benzene rings is 1. The highest BCUT2D eigenvalue weighted by molar-refractivity contribution is 7.21. The smallest absolute Gasteiger partial charge is 0.262 e. The Labute approximate surface area is 197 Å². The zero-order valence-corrected chi connectivity index (χ0v) is 19.7. The zero-order valence-electron chi connectivity index (χ0n) is 17.3. The second kappa shape index (κ2) is 8.21. The van der Waals surface area contributed by atoms with Crippen LogP contribution in [0.25, 0.3) is 21.3 Å². The first-order valence-corrected chi connectivity index (χ1v) is 12.3. The highest BCUT2D eigenvalue weighted by Crippen LogP contribution is 2.42. The van der Waals surface area contributed by atoms with Gasteiger partial charge in [-0.05, 0) is 54.2 Å². The van der Waals surface area contributed by atoms with Gasteiger partial charge in [-0.2, -0.15) is 0 Å². The van der Waals surface area contributed by atoms with E-state index in [2.05, 4.69) is 10.3 Å². The van der Waals surface area contributed by atoms with Gasteiger partial charge in [0, 0.05) is 28.3 Å². The molecule has 0 spiro atoms. The van der Waals surface area contributed by atoms with Crippen LogP contribution >= 0.6 is 34.3 Å². The first-order valence-electron chi connectivity index (χ1n) is 10.3. The summed E-state index contributed by atoms with van der Waals surface area (Å²) in [5.41, 5.74) is 3.72. The van der Waals surface area contributed by atoms with Crippen molar-refractivity contribution in [1.82, 2.24) is 10.3 Å². The Morgan fingerprint density at radius 2 is 1.94 bits per heavy atom. The fourth-order valence-electron chi connectivity index (χ4n) is 4.35. The third kappa shape index (κ3) is 3.72. The minimum absolute atomic E-state index is 0.0474. The second-order valence-corrected chi connectivity index (χ2v) is 11.0. The number of thiophene rings is 2. The number of carbonyl (C=O) groups is 1. The SMILES string of the molecule is CC(C)c1c(C(=O)N[C@@H]2CCc3sc(Cl)cc32)sc2c(-c3cc(F)cc(F)c3)ccnc12. The molecule has 1 aromatic carbocycles. The molecule has 0 aliphatic heterocycles. The third-order valence-corrected chi connectivity index (χ3v) is 8.28. The Hall–Kier alpha value is -2.35. The number of nitrogens with one attached hydrogen (secondary N) is 1. The van der Waals surface area contributed by atoms with Crippen LogP contribution in [-0.4, -0.2) is 10.9 Å². The fraction of sp³-hybridized carbons (Fsp3) is 0.250. The van der Waals surface area contributed by atoms with Gasteiger partial charge < -0.3 is 5.32 Å². The molecule has 4 aromatic rings. The van der Waals surface area contributed by atoms with Gasteiger partial charge in [-0.3, -0.25) is 9.78 Å². The molecule has 1 amide bonds. The molecule has 0 bridgehead atoms. The van der Waals surface area contributed by atoms with E-state index >= 15 is 0 Å². The van der Waals surface area contributed by atoms with Crippen LogP contribution in [0.15, 0.2) is 36.5 Å². The molecule has 3 nitrogen and oxygen atoms in total. The maximum Gasteiger partial charge on any atom is 0.262 e. The normalized spacial score (nSPS) is 15.5. The van der Waals surface area contributed by atoms with Crippen molar-refractivity contribution in [3.63, 3.8) is 0 Å². The molecule has 3 heterocycles. The number of pyridine rings is 1. The maximum absolute atomic E-state index is 13.9. The van der Waals surface area contributed by atoms with Crippen molar-refractivity contribution < 1.29 is 13.6 Å². The summed E-state index contributed by atoms with van der Waals surface area (Å²) in [5, 5.41) is 3.17. The highest BCUT2D eigenvalue weighted by atomic mass is 35.5. The molecular weight excluding hydrogens is 470 g/mol. The molecule has 164 valence electrons. The fourth-order valence-corrected chi connectivity index (χ4v) is 7.06. The molecule has 5 rings (SSSR count). The standard InChI is InChI=1S/C24H19ClF2N2OS2/c1-11(2)20-21-22(15(5-6-28-21)12-7-13(26)9-14(27)8-12)32-23(20)24(30)29-17-3-4-18-16(17)10-19(25)31-18/h5-11,17H,3-4H2,1-2H3,(H,29,30)/t17-/m1/s1. The van der Waals surface area contributed by atoms with Crippen molar-refractivity contribution in [3.05, 3.63) is 73.4 Å². The van der Waals surface area contributed by atoms with E-state index in [4.69, 9.17) is 11.6 Å². The van der Waals surface area contributed by atoms with E-state index in [-0.39, 0.29) is 17.9 Å². The maximum atomic E-state index is 13.9. The molecule has 0 radical (unpaired) electrons. The lowest BCUT2D eigenvalue weighted by molar-refractivity contribution is 0.0939. The number of amides is 1. The van der Waals surface area contributed by atoms with Crippen LogP contribution in [-0.2, 0) is 6.42 Å². The Morgan fingerprint density at radius 3 is 2.66 bits per heavy atom. The van der Waals surface area contributed by atoms with Gasteiger partial charge in [0.15, 0.2) is 0 Å². The van der Waals surface area contributed by atoms with Crippen LogP contribution in [0.4, 0.5) is 8.78 Å². The molecule has 0 fully saturated rings. The van der Waals surface area contributed by atoms with Crippen molar-refractivity contribution in [1.29, 1.82) is 0 Å². The lowest BCUT2D eigenvalue weighted by atomic mass is 9.99. The van der Waals surface area contributed by atoms with E-state index < -0.39 is 11.6 Å². The number of carbonyl (C=O) groups excluding carboxylic acids is 1. The summed E-state index contributed by atoms with van der Waals surface area (Å²) in [6.07, 6.45) is 3.37. The van der Waals surface area contributed by atoms with E-state index in [9.17, 15) is 13.6 Å². The highest BCUT2D eigenvalue weighted by Gasteiger charge is 2.29. The van der Waals surface area contributed by atoms with Gasteiger partial charge in [0.1, 0.15) is 11.6 Å². The van der Waals surface area contributed by atoms with E-state index in [0.29, 0.717) is 21.5 Å². The van der Waals surface area contributed by atoms with Crippen LogP contribution in [0.5, 0.6) is 0 Å². The number of aryl methyl sites for hydroxylation is 1. The minimum Gasteiger partial charge on any atom is -0.344 e. The topological polar surface area (TPSA) is 42.0 Å². The summed E-state index contributed by atoms with van der Waals surface area (Å²) in [6, 6.07) is 7.04. The van der Waals surface area contributed by atoms with E-state index in [0.717, 1.165) is 39.1 Å². The first kappa shape index (κ1) is 21.5. The van der Waals surface area contributed by atoms with Crippen LogP contribution in [0.3, 0.4) is 0 Å². The average Bonchev–Trinajstić information content (AvgIpc) is 3.39. The molecule has 3 aromatic heterocycles. The van der Waals surface area contributed by atoms with Gasteiger partial charge in [-0.15, -0.1) is 22.7 Å². The zero-order chi connectivity index (χ0) is 22.6. The Morgan fingerprint density at radius 1 is 1.19 bits per heavy atom. The lowest BCUT2D eigenvalue weighted by Crippen LogP contribution is -2.27. The van der Waals surface area contributed by atoms with Crippen molar-refractivity contribution in [2.24, 2.45) is 0 Å². The van der Waals surface area contributed by atoms with Gasteiger partial charge in [-0.25, -0.2) is 8.78 Å². The number of hydrogen-bond donors (Lipinski definition) is 1. The Bertz CT molecular complexity index is 1340. The van der Waals surface area contributed by atoms with Crippen LogP contribution in [0.1, 0.15) is 57.9 Å². The number of aromatic nitrogens is 1. The molecule has 0 unspecified atom stereocenters. The Balaban J connectivity index is 1.59. The summed E-state index contributed by atoms with van der Waals surface area (Å²) in [4.78, 5) is 19.7. The number of fused-ring (bicyclic) bond motifs is 2. The third-order valence-electron chi connectivity index (χ3n) is 5.72. The van der Waals surface area contributed by atoms with Gasteiger partial charge in [0.2, 0.25) is 0 Å². The predicted molar refractivity (Wildman–Crippen MR) is 127 cm³/mol. The molecule has 1 aliphatic carbocycles. The molecule has 1 aliphatic rings. The van der Waals surface area contributed by atoms with Crippen molar-refractivity contribution in [2.45, 2.75) is 38.6 Å². The number of hydrogen-bond acceptors (Lipinski definition) is 4. The monoisotopic (exact) mass is 488 g/mol. The van der Waals surface area contributed by atoms with Gasteiger partial charge in [0.05, 0.1) is 25.5 Å². The predicted octanol–water partition coefficient (Wildman–Crippen LogP) is 7.50.